The van der Waals surface area contributed by atoms with Crippen molar-refractivity contribution < 1.29 is 42.6 Å². The Kier molecular flexibility index (Phi) is 20.7. The van der Waals surface area contributed by atoms with Crippen molar-refractivity contribution in [3.63, 3.8) is 0 Å². The molecule has 248 valence electrons. The van der Waals surface area contributed by atoms with Crippen LogP contribution in [0, 0.1) is 0 Å². The molecule has 0 radical (unpaired) electrons. The number of carbonyl (C=O) groups is 4. The number of ether oxygens (including phenoxy) is 4. The molecule has 1 fully saturated rings. The molecule has 0 unspecified atom stereocenters. The molecule has 2 aromatic rings. The number of epoxide rings is 1. The van der Waals surface area contributed by atoms with Crippen LogP contribution in [0.2, 0.25) is 0 Å². The van der Waals surface area contributed by atoms with E-state index in [1.54, 1.807) is 28.1 Å². The molecular formula is C31H50N4O9. The Morgan fingerprint density at radius 1 is 1.00 bits per heavy atom. The fraction of sp³-hybridized carbons (Fsp3) is 0.581. The van der Waals surface area contributed by atoms with Crippen LogP contribution in [0.1, 0.15) is 64.0 Å². The number of hydrogen-bond donors (Lipinski definition) is 3. The molecule has 13 heteroatoms. The zero-order valence-corrected chi connectivity index (χ0v) is 27.5. The highest BCUT2D eigenvalue weighted by atomic mass is 16.6. The number of nitrogens with zero attached hydrogens (tertiary/aromatic N) is 1. The third kappa shape index (κ3) is 15.1. The van der Waals surface area contributed by atoms with Crippen molar-refractivity contribution in [3.05, 3.63) is 47.7 Å². The minimum atomic E-state index is -1.11. The summed E-state index contributed by atoms with van der Waals surface area (Å²) in [5.74, 6) is -2.08. The number of nitrogens with one attached hydrogen (secondary N) is 3. The highest BCUT2D eigenvalue weighted by molar-refractivity contribution is 5.98. The molecule has 0 aliphatic carbocycles. The molecule has 3 amide bonds. The van der Waals surface area contributed by atoms with Gasteiger partial charge in [0.05, 0.1) is 38.5 Å². The second-order valence-corrected chi connectivity index (χ2v) is 9.47. The normalized spacial score (nSPS) is 15.7. The summed E-state index contributed by atoms with van der Waals surface area (Å²) in [7, 11) is 4.61. The Morgan fingerprint density at radius 3 is 2.11 bits per heavy atom. The monoisotopic (exact) mass is 622 g/mol. The lowest BCUT2D eigenvalue weighted by Gasteiger charge is -2.21. The molecule has 3 N–H and O–H groups in total. The lowest BCUT2D eigenvalue weighted by molar-refractivity contribution is -0.131. The molecule has 0 saturated carbocycles. The maximum absolute atomic E-state index is 12.9. The Labute approximate surface area is 260 Å². The van der Waals surface area contributed by atoms with Gasteiger partial charge in [-0.2, -0.15) is 0 Å². The second-order valence-electron chi connectivity index (χ2n) is 9.47. The SMILES string of the molecule is CC.CCC.CCOc1cc(C(=O)N[C@@H](COC)C(=O)NCC(=O)N[C@@H](Cc2ccccc2)C(=O)[C@@]2(C)CO2)no1.COC. The largest absolute Gasteiger partial charge is 0.464 e. The molecule has 2 heterocycles. The average molecular weight is 623 g/mol. The highest BCUT2D eigenvalue weighted by Gasteiger charge is 2.50. The number of benzene rings is 1. The standard InChI is InChI=1S/C24H30N4O8.C3H8.C2H6O.C2H6/c1-4-34-20-11-17(28-36-20)23(32)27-18(13-33-3)22(31)25-12-19(29)26-16(21(30)24(2)14-35-24)10-15-8-6-5-7-9-15;2*1-3-2;1-2/h5-9,11,16,18H,4,10,12-14H2,1-3H3,(H,25,31)(H,26,29)(H,27,32);3H2,1-2H3;1-2H3;1-2H3/t16-,18-,24+;;;/m0.../s1. The predicted octanol–water partition coefficient (Wildman–Crippen LogP) is 2.72. The molecule has 0 spiro atoms. The quantitative estimate of drug-likeness (QED) is 0.266. The Balaban J connectivity index is 0.00000209. The highest BCUT2D eigenvalue weighted by Crippen LogP contribution is 2.29. The van der Waals surface area contributed by atoms with E-state index >= 15 is 0 Å². The van der Waals surface area contributed by atoms with Crippen LogP contribution < -0.4 is 20.7 Å². The third-order valence-corrected chi connectivity index (χ3v) is 5.42. The van der Waals surface area contributed by atoms with E-state index in [2.05, 4.69) is 39.7 Å². The average Bonchev–Trinajstić information content (AvgIpc) is 3.59. The zero-order valence-electron chi connectivity index (χ0n) is 27.5. The summed E-state index contributed by atoms with van der Waals surface area (Å²) >= 11 is 0. The van der Waals surface area contributed by atoms with Crippen molar-refractivity contribution in [2.24, 2.45) is 0 Å². The second kappa shape index (κ2) is 22.7. The molecule has 1 aromatic carbocycles. The Hall–Kier alpha value is -3.81. The van der Waals surface area contributed by atoms with Gasteiger partial charge in [0.25, 0.3) is 5.91 Å². The van der Waals surface area contributed by atoms with E-state index in [4.69, 9.17) is 18.7 Å². The first-order valence-corrected chi connectivity index (χ1v) is 14.7. The van der Waals surface area contributed by atoms with Gasteiger partial charge in [-0.15, -0.1) is 0 Å². The van der Waals surface area contributed by atoms with E-state index in [-0.39, 0.29) is 30.5 Å². The van der Waals surface area contributed by atoms with Gasteiger partial charge in [0.1, 0.15) is 11.6 Å². The molecule has 1 aliphatic rings. The molecular weight excluding hydrogens is 572 g/mol. The summed E-state index contributed by atoms with van der Waals surface area (Å²) in [4.78, 5) is 50.6. The molecule has 13 nitrogen and oxygen atoms in total. The molecule has 0 bridgehead atoms. The van der Waals surface area contributed by atoms with E-state index in [1.165, 1.54) is 19.6 Å². The smallest absolute Gasteiger partial charge is 0.311 e. The van der Waals surface area contributed by atoms with Gasteiger partial charge in [-0.3, -0.25) is 19.2 Å². The van der Waals surface area contributed by atoms with Crippen LogP contribution in [0.4, 0.5) is 0 Å². The first-order chi connectivity index (χ1) is 21.1. The minimum absolute atomic E-state index is 0.0668. The number of ketones is 1. The fourth-order valence-electron chi connectivity index (χ4n) is 3.37. The van der Waals surface area contributed by atoms with Crippen LogP contribution in [0.3, 0.4) is 0 Å². The maximum atomic E-state index is 12.9. The van der Waals surface area contributed by atoms with Gasteiger partial charge < -0.3 is 39.4 Å². The van der Waals surface area contributed by atoms with Crippen molar-refractivity contribution in [1.29, 1.82) is 0 Å². The molecule has 1 aromatic heterocycles. The Morgan fingerprint density at radius 2 is 1.59 bits per heavy atom. The van der Waals surface area contributed by atoms with Crippen molar-refractivity contribution in [1.82, 2.24) is 21.1 Å². The van der Waals surface area contributed by atoms with Gasteiger partial charge in [-0.25, -0.2) is 0 Å². The van der Waals surface area contributed by atoms with Crippen LogP contribution in [-0.4, -0.2) is 94.0 Å². The van der Waals surface area contributed by atoms with E-state index in [9.17, 15) is 19.2 Å². The summed E-state index contributed by atoms with van der Waals surface area (Å²) < 4.78 is 24.5. The van der Waals surface area contributed by atoms with Gasteiger partial charge >= 0.3 is 5.95 Å². The van der Waals surface area contributed by atoms with Crippen LogP contribution in [0.25, 0.3) is 0 Å². The molecule has 1 aliphatic heterocycles. The first kappa shape index (κ1) is 40.2. The number of carbonyl (C=O) groups excluding carboxylic acids is 4. The van der Waals surface area contributed by atoms with E-state index in [0.717, 1.165) is 5.56 Å². The summed E-state index contributed by atoms with van der Waals surface area (Å²) in [5, 5.41) is 11.2. The van der Waals surface area contributed by atoms with Crippen molar-refractivity contribution >= 4 is 23.5 Å². The number of Topliss-reactive ketones (excluding diaryl/α,β-unsaturated/α-hetero) is 1. The lowest BCUT2D eigenvalue weighted by Crippen LogP contribution is -2.53. The molecule has 3 rings (SSSR count). The number of rotatable bonds is 14. The van der Waals surface area contributed by atoms with Gasteiger partial charge in [0, 0.05) is 21.3 Å². The number of hydrogen-bond acceptors (Lipinski definition) is 10. The summed E-state index contributed by atoms with van der Waals surface area (Å²) in [6.45, 7) is 11.7. The van der Waals surface area contributed by atoms with Crippen LogP contribution in [-0.2, 0) is 35.0 Å². The summed E-state index contributed by atoms with van der Waals surface area (Å²) in [6, 6.07) is 8.61. The Bertz CT molecular complexity index is 1100. The van der Waals surface area contributed by atoms with Gasteiger partial charge in [-0.1, -0.05) is 69.6 Å². The number of methoxy groups -OCH3 is 2. The predicted molar refractivity (Wildman–Crippen MR) is 165 cm³/mol. The van der Waals surface area contributed by atoms with Crippen LogP contribution >= 0.6 is 0 Å². The molecule has 3 atom stereocenters. The fourth-order valence-corrected chi connectivity index (χ4v) is 3.37. The summed E-state index contributed by atoms with van der Waals surface area (Å²) in [5.41, 5.74) is -0.136. The number of amides is 3. The number of aromatic nitrogens is 1. The maximum Gasteiger partial charge on any atom is 0.311 e. The van der Waals surface area contributed by atoms with Crippen molar-refractivity contribution in [3.8, 4) is 5.95 Å². The van der Waals surface area contributed by atoms with Crippen molar-refractivity contribution in [2.75, 3.05) is 47.7 Å². The van der Waals surface area contributed by atoms with Crippen molar-refractivity contribution in [2.45, 2.75) is 72.1 Å². The zero-order chi connectivity index (χ0) is 33.5. The minimum Gasteiger partial charge on any atom is -0.464 e. The van der Waals surface area contributed by atoms with Crippen LogP contribution in [0.5, 0.6) is 5.95 Å². The van der Waals surface area contributed by atoms with Gasteiger partial charge in [0.2, 0.25) is 11.8 Å². The van der Waals surface area contributed by atoms with E-state index in [0.29, 0.717) is 13.2 Å². The van der Waals surface area contributed by atoms with Gasteiger partial charge in [0.15, 0.2) is 11.5 Å². The van der Waals surface area contributed by atoms with E-state index in [1.807, 2.05) is 44.2 Å². The van der Waals surface area contributed by atoms with Gasteiger partial charge in [-0.05, 0) is 25.8 Å². The topological polar surface area (TPSA) is 171 Å². The van der Waals surface area contributed by atoms with E-state index < -0.39 is 42.0 Å². The lowest BCUT2D eigenvalue weighted by atomic mass is 9.95. The molecule has 44 heavy (non-hydrogen) atoms. The first-order valence-electron chi connectivity index (χ1n) is 14.7. The summed E-state index contributed by atoms with van der Waals surface area (Å²) in [6.07, 6.45) is 1.53. The third-order valence-electron chi connectivity index (χ3n) is 5.42. The van der Waals surface area contributed by atoms with Crippen LogP contribution in [0.15, 0.2) is 40.9 Å². The molecule has 1 saturated heterocycles.